The highest BCUT2D eigenvalue weighted by Crippen LogP contribution is 2.39. The van der Waals surface area contributed by atoms with E-state index in [0.29, 0.717) is 15.8 Å². The van der Waals surface area contributed by atoms with Crippen LogP contribution in [0.3, 0.4) is 0 Å². The van der Waals surface area contributed by atoms with Crippen molar-refractivity contribution in [3.8, 4) is 16.9 Å². The number of amides is 1. The van der Waals surface area contributed by atoms with Crippen LogP contribution in [0.1, 0.15) is 25.5 Å². The Bertz CT molecular complexity index is 1220. The van der Waals surface area contributed by atoms with Crippen LogP contribution < -0.4 is 10.9 Å². The van der Waals surface area contributed by atoms with E-state index in [1.54, 1.807) is 12.1 Å². The standard InChI is InChI=1S/C21H18N2O3S/c1-11(22-12(2)24)13-3-5-14(6-4-13)18-17(25)8-7-16-19(18)15-9-10-27-20(15)21(26)23-16/h3-11,25H,1-2H3,(H,22,24)(H,23,26). The molecule has 4 rings (SSSR count). The molecule has 2 aromatic heterocycles. The molecule has 5 nitrogen and oxygen atoms in total. The van der Waals surface area contributed by atoms with E-state index in [1.807, 2.05) is 42.6 Å². The molecule has 4 aromatic rings. The van der Waals surface area contributed by atoms with Crippen molar-refractivity contribution in [2.75, 3.05) is 0 Å². The Balaban J connectivity index is 1.91. The number of aromatic amines is 1. The van der Waals surface area contributed by atoms with Gasteiger partial charge in [0, 0.05) is 28.8 Å². The largest absolute Gasteiger partial charge is 0.507 e. The average Bonchev–Trinajstić information content (AvgIpc) is 3.12. The molecule has 2 aromatic carbocycles. The lowest BCUT2D eigenvalue weighted by Crippen LogP contribution is -2.23. The second kappa shape index (κ2) is 6.55. The molecule has 27 heavy (non-hydrogen) atoms. The number of H-pyrrole nitrogens is 1. The van der Waals surface area contributed by atoms with Gasteiger partial charge in [0.2, 0.25) is 5.91 Å². The minimum atomic E-state index is -0.122. The molecule has 2 heterocycles. The first-order chi connectivity index (χ1) is 13.0. The molecule has 0 saturated carbocycles. The van der Waals surface area contributed by atoms with E-state index >= 15 is 0 Å². The first-order valence-electron chi connectivity index (χ1n) is 8.58. The maximum absolute atomic E-state index is 12.3. The molecule has 136 valence electrons. The smallest absolute Gasteiger partial charge is 0.266 e. The number of thiophene rings is 1. The fourth-order valence-electron chi connectivity index (χ4n) is 3.46. The quantitative estimate of drug-likeness (QED) is 0.497. The van der Waals surface area contributed by atoms with Gasteiger partial charge >= 0.3 is 0 Å². The minimum absolute atomic E-state index is 0.0814. The van der Waals surface area contributed by atoms with Crippen LogP contribution in [0.2, 0.25) is 0 Å². The van der Waals surface area contributed by atoms with Crippen molar-refractivity contribution in [2.45, 2.75) is 19.9 Å². The second-order valence-electron chi connectivity index (χ2n) is 6.54. The zero-order chi connectivity index (χ0) is 19.1. The topological polar surface area (TPSA) is 82.2 Å². The first-order valence-corrected chi connectivity index (χ1v) is 9.46. The fraction of sp³-hybridized carbons (Fsp3) is 0.143. The van der Waals surface area contributed by atoms with Crippen LogP contribution in [0, 0.1) is 0 Å². The second-order valence-corrected chi connectivity index (χ2v) is 7.46. The van der Waals surface area contributed by atoms with Gasteiger partial charge in [-0.1, -0.05) is 24.3 Å². The number of carbonyl (C=O) groups excluding carboxylic acids is 1. The lowest BCUT2D eigenvalue weighted by atomic mass is 9.95. The highest BCUT2D eigenvalue weighted by molar-refractivity contribution is 7.17. The van der Waals surface area contributed by atoms with E-state index in [-0.39, 0.29) is 23.3 Å². The van der Waals surface area contributed by atoms with Gasteiger partial charge in [-0.2, -0.15) is 0 Å². The summed E-state index contributed by atoms with van der Waals surface area (Å²) in [6.45, 7) is 3.41. The molecule has 0 fully saturated rings. The molecule has 0 radical (unpaired) electrons. The summed E-state index contributed by atoms with van der Waals surface area (Å²) in [6.07, 6.45) is 0. The Labute approximate surface area is 159 Å². The number of aromatic nitrogens is 1. The number of benzene rings is 2. The number of nitrogens with one attached hydrogen (secondary N) is 2. The molecule has 0 saturated heterocycles. The Morgan fingerprint density at radius 2 is 1.89 bits per heavy atom. The predicted molar refractivity (Wildman–Crippen MR) is 109 cm³/mol. The van der Waals surface area contributed by atoms with Crippen molar-refractivity contribution in [3.05, 3.63) is 63.8 Å². The van der Waals surface area contributed by atoms with E-state index in [9.17, 15) is 14.7 Å². The summed E-state index contributed by atoms with van der Waals surface area (Å²) in [6, 6.07) is 12.8. The number of carbonyl (C=O) groups is 1. The number of rotatable bonds is 3. The van der Waals surface area contributed by atoms with Gasteiger partial charge in [0.1, 0.15) is 10.4 Å². The van der Waals surface area contributed by atoms with Gasteiger partial charge in [-0.05, 0) is 41.6 Å². The zero-order valence-electron chi connectivity index (χ0n) is 14.9. The summed E-state index contributed by atoms with van der Waals surface area (Å²) >= 11 is 1.38. The molecule has 6 heteroatoms. The van der Waals surface area contributed by atoms with Gasteiger partial charge in [-0.3, -0.25) is 9.59 Å². The number of hydrogen-bond acceptors (Lipinski definition) is 4. The lowest BCUT2D eigenvalue weighted by molar-refractivity contribution is -0.119. The van der Waals surface area contributed by atoms with Crippen molar-refractivity contribution < 1.29 is 9.90 Å². The van der Waals surface area contributed by atoms with Crippen LogP contribution in [-0.4, -0.2) is 16.0 Å². The minimum Gasteiger partial charge on any atom is -0.507 e. The number of phenols is 1. The van der Waals surface area contributed by atoms with E-state index in [0.717, 1.165) is 21.9 Å². The monoisotopic (exact) mass is 378 g/mol. The molecule has 0 aliphatic heterocycles. The normalized spacial score (nSPS) is 12.4. The highest BCUT2D eigenvalue weighted by atomic mass is 32.1. The van der Waals surface area contributed by atoms with Gasteiger partial charge in [-0.15, -0.1) is 11.3 Å². The van der Waals surface area contributed by atoms with Crippen molar-refractivity contribution in [1.82, 2.24) is 10.3 Å². The maximum Gasteiger partial charge on any atom is 0.266 e. The molecule has 0 aliphatic carbocycles. The van der Waals surface area contributed by atoms with Gasteiger partial charge in [0.15, 0.2) is 0 Å². The lowest BCUT2D eigenvalue weighted by Gasteiger charge is -2.15. The third kappa shape index (κ3) is 2.98. The molecule has 1 atom stereocenters. The fourth-order valence-corrected chi connectivity index (χ4v) is 4.25. The van der Waals surface area contributed by atoms with Crippen molar-refractivity contribution >= 4 is 38.2 Å². The highest BCUT2D eigenvalue weighted by Gasteiger charge is 2.16. The summed E-state index contributed by atoms with van der Waals surface area (Å²) in [7, 11) is 0. The van der Waals surface area contributed by atoms with Gasteiger partial charge in [-0.25, -0.2) is 0 Å². The van der Waals surface area contributed by atoms with Crippen molar-refractivity contribution in [1.29, 1.82) is 0 Å². The maximum atomic E-state index is 12.3. The molecular weight excluding hydrogens is 360 g/mol. The summed E-state index contributed by atoms with van der Waals surface area (Å²) in [5.41, 5.74) is 3.07. The average molecular weight is 378 g/mol. The van der Waals surface area contributed by atoms with Gasteiger partial charge < -0.3 is 15.4 Å². The Morgan fingerprint density at radius 3 is 2.59 bits per heavy atom. The van der Waals surface area contributed by atoms with E-state index in [2.05, 4.69) is 10.3 Å². The van der Waals surface area contributed by atoms with Crippen LogP contribution in [0.5, 0.6) is 5.75 Å². The van der Waals surface area contributed by atoms with E-state index in [1.165, 1.54) is 18.3 Å². The third-order valence-corrected chi connectivity index (χ3v) is 5.60. The predicted octanol–water partition coefficient (Wildman–Crippen LogP) is 4.31. The number of fused-ring (bicyclic) bond motifs is 3. The van der Waals surface area contributed by atoms with Crippen LogP contribution in [0.25, 0.3) is 32.1 Å². The molecule has 0 spiro atoms. The van der Waals surface area contributed by atoms with Crippen molar-refractivity contribution in [2.24, 2.45) is 0 Å². The Kier molecular flexibility index (Phi) is 4.20. The summed E-state index contributed by atoms with van der Waals surface area (Å²) in [5, 5.41) is 17.0. The number of pyridine rings is 1. The van der Waals surface area contributed by atoms with Crippen LogP contribution >= 0.6 is 11.3 Å². The SMILES string of the molecule is CC(=O)NC(C)c1ccc(-c2c(O)ccc3[nH]c(=O)c4sccc4c23)cc1. The van der Waals surface area contributed by atoms with Crippen LogP contribution in [-0.2, 0) is 4.79 Å². The summed E-state index contributed by atoms with van der Waals surface area (Å²) in [4.78, 5) is 26.4. The number of hydrogen-bond donors (Lipinski definition) is 3. The van der Waals surface area contributed by atoms with E-state index < -0.39 is 0 Å². The van der Waals surface area contributed by atoms with E-state index in [4.69, 9.17) is 0 Å². The number of phenolic OH excluding ortho intramolecular Hbond substituents is 1. The first kappa shape index (κ1) is 17.3. The van der Waals surface area contributed by atoms with Crippen LogP contribution in [0.4, 0.5) is 0 Å². The molecule has 1 amide bonds. The van der Waals surface area contributed by atoms with Gasteiger partial charge in [0.05, 0.1) is 6.04 Å². The van der Waals surface area contributed by atoms with Crippen molar-refractivity contribution in [3.63, 3.8) is 0 Å². The Morgan fingerprint density at radius 1 is 1.15 bits per heavy atom. The summed E-state index contributed by atoms with van der Waals surface area (Å²) < 4.78 is 0.644. The Hall–Kier alpha value is -3.12. The third-order valence-electron chi connectivity index (χ3n) is 4.69. The molecule has 0 aliphatic rings. The summed E-state index contributed by atoms with van der Waals surface area (Å²) in [5.74, 6) is 0.0757. The molecule has 1 unspecified atom stereocenters. The molecular formula is C21H18N2O3S. The zero-order valence-corrected chi connectivity index (χ0v) is 15.7. The van der Waals surface area contributed by atoms with Gasteiger partial charge in [0.25, 0.3) is 5.56 Å². The number of aromatic hydroxyl groups is 1. The molecule has 0 bridgehead atoms. The molecule has 3 N–H and O–H groups in total. The van der Waals surface area contributed by atoms with Crippen LogP contribution in [0.15, 0.2) is 52.6 Å².